The molecule has 0 unspecified atom stereocenters. The largest absolute Gasteiger partial charge is 0.487 e. The van der Waals surface area contributed by atoms with Gasteiger partial charge in [-0.2, -0.15) is 0 Å². The van der Waals surface area contributed by atoms with Crippen molar-refractivity contribution in [3.05, 3.63) is 82.9 Å². The predicted molar refractivity (Wildman–Crippen MR) is 124 cm³/mol. The first-order chi connectivity index (χ1) is 16.4. The number of hydroxylamine groups is 1. The number of hydrogen-bond donors (Lipinski definition) is 2. The van der Waals surface area contributed by atoms with Gasteiger partial charge in [-0.3, -0.25) is 14.8 Å². The molecule has 1 heterocycles. The fourth-order valence-corrected chi connectivity index (χ4v) is 4.24. The number of rotatable bonds is 10. The second-order valence-corrected chi connectivity index (χ2v) is 8.79. The molecule has 1 aliphatic rings. The van der Waals surface area contributed by atoms with Crippen LogP contribution in [-0.4, -0.2) is 33.2 Å². The van der Waals surface area contributed by atoms with E-state index in [9.17, 15) is 9.59 Å². The van der Waals surface area contributed by atoms with Crippen molar-refractivity contribution < 1.29 is 24.3 Å². The van der Waals surface area contributed by atoms with Gasteiger partial charge in [-0.05, 0) is 55.2 Å². The Labute approximate surface area is 202 Å². The van der Waals surface area contributed by atoms with Crippen molar-refractivity contribution in [2.24, 2.45) is 11.3 Å². The summed E-state index contributed by atoms with van der Waals surface area (Å²) in [6, 6.07) is 15.1. The minimum Gasteiger partial charge on any atom is -0.487 e. The van der Waals surface area contributed by atoms with Crippen LogP contribution >= 0.6 is 11.6 Å². The number of hydrogen-bond acceptors (Lipinski definition) is 6. The molecule has 1 aromatic heterocycles. The Morgan fingerprint density at radius 1 is 1.18 bits per heavy atom. The van der Waals surface area contributed by atoms with Gasteiger partial charge in [0.25, 0.3) is 0 Å². The lowest BCUT2D eigenvalue weighted by molar-refractivity contribution is -0.152. The lowest BCUT2D eigenvalue weighted by atomic mass is 9.93. The number of carbonyl (C=O) groups is 2. The number of ether oxygens (including phenoxy) is 2. The summed E-state index contributed by atoms with van der Waals surface area (Å²) in [5.41, 5.74) is 3.61. The average molecular weight is 484 g/mol. The Kier molecular flexibility index (Phi) is 7.19. The molecule has 4 rings (SSSR count). The summed E-state index contributed by atoms with van der Waals surface area (Å²) in [6.45, 7) is 2.96. The summed E-state index contributed by atoms with van der Waals surface area (Å²) in [5.74, 6) is -0.914. The van der Waals surface area contributed by atoms with Gasteiger partial charge in [0.2, 0.25) is 5.91 Å². The molecule has 8 nitrogen and oxygen atoms in total. The van der Waals surface area contributed by atoms with Crippen molar-refractivity contribution in [3.8, 4) is 5.75 Å². The van der Waals surface area contributed by atoms with Crippen LogP contribution in [0.4, 0.5) is 0 Å². The molecule has 0 radical (unpaired) electrons. The van der Waals surface area contributed by atoms with Crippen LogP contribution in [0.5, 0.6) is 5.75 Å². The second kappa shape index (κ2) is 10.3. The number of imidazole rings is 1. The highest BCUT2D eigenvalue weighted by Gasteiger charge is 2.64. The van der Waals surface area contributed by atoms with Crippen LogP contribution in [0.2, 0.25) is 5.02 Å². The van der Waals surface area contributed by atoms with Crippen LogP contribution in [0.3, 0.4) is 0 Å². The van der Waals surface area contributed by atoms with Crippen LogP contribution in [-0.2, 0) is 33.9 Å². The molecule has 1 saturated carbocycles. The van der Waals surface area contributed by atoms with Gasteiger partial charge in [0, 0.05) is 11.6 Å². The third-order valence-corrected chi connectivity index (χ3v) is 6.33. The van der Waals surface area contributed by atoms with Gasteiger partial charge in [-0.25, -0.2) is 10.5 Å². The van der Waals surface area contributed by atoms with E-state index in [2.05, 4.69) is 4.98 Å². The number of nitrogens with zero attached hydrogens (tertiary/aromatic N) is 2. The number of benzene rings is 2. The Morgan fingerprint density at radius 3 is 2.56 bits per heavy atom. The maximum atomic E-state index is 12.5. The Morgan fingerprint density at radius 2 is 1.88 bits per heavy atom. The summed E-state index contributed by atoms with van der Waals surface area (Å²) in [4.78, 5) is 28.6. The van der Waals surface area contributed by atoms with Gasteiger partial charge in [-0.15, -0.1) is 0 Å². The van der Waals surface area contributed by atoms with Gasteiger partial charge in [-0.1, -0.05) is 35.9 Å². The van der Waals surface area contributed by atoms with Crippen LogP contribution < -0.4 is 10.2 Å². The molecule has 0 aliphatic heterocycles. The van der Waals surface area contributed by atoms with E-state index in [0.29, 0.717) is 36.8 Å². The lowest BCUT2D eigenvalue weighted by Crippen LogP contribution is -2.30. The maximum Gasteiger partial charge on any atom is 0.313 e. The first-order valence-corrected chi connectivity index (χ1v) is 11.4. The van der Waals surface area contributed by atoms with Crippen LogP contribution in [0.15, 0.2) is 61.1 Å². The number of carbonyl (C=O) groups excluding carboxylic acids is 2. The Hall–Kier alpha value is -3.36. The first-order valence-electron chi connectivity index (χ1n) is 11.0. The van der Waals surface area contributed by atoms with Gasteiger partial charge >= 0.3 is 5.97 Å². The molecule has 0 bridgehead atoms. The normalized spacial score (nSPS) is 18.9. The number of nitrogens with one attached hydrogen (secondary N) is 1. The molecular weight excluding hydrogens is 458 g/mol. The van der Waals surface area contributed by atoms with Crippen molar-refractivity contribution in [2.75, 3.05) is 6.61 Å². The highest BCUT2D eigenvalue weighted by Crippen LogP contribution is 2.56. The van der Waals surface area contributed by atoms with E-state index in [1.807, 2.05) is 53.1 Å². The molecule has 1 amide bonds. The zero-order chi connectivity index (χ0) is 24.1. The van der Waals surface area contributed by atoms with E-state index in [-0.39, 0.29) is 6.61 Å². The molecular formula is C25H26ClN3O5. The molecule has 2 aromatic carbocycles. The van der Waals surface area contributed by atoms with E-state index < -0.39 is 23.2 Å². The molecule has 9 heteroatoms. The summed E-state index contributed by atoms with van der Waals surface area (Å²) >= 11 is 5.96. The van der Waals surface area contributed by atoms with Crippen LogP contribution in [0.25, 0.3) is 0 Å². The lowest BCUT2D eigenvalue weighted by Gasteiger charge is -2.16. The number of amides is 1. The molecule has 178 valence electrons. The molecule has 34 heavy (non-hydrogen) atoms. The minimum atomic E-state index is -0.945. The monoisotopic (exact) mass is 483 g/mol. The third kappa shape index (κ3) is 5.24. The van der Waals surface area contributed by atoms with Crippen molar-refractivity contribution in [1.82, 2.24) is 15.0 Å². The van der Waals surface area contributed by atoms with Crippen LogP contribution in [0, 0.1) is 11.3 Å². The smallest absolute Gasteiger partial charge is 0.313 e. The standard InChI is InChI=1S/C25H26ClN3O5/c1-2-33-24(31)25(12-22(25)23(30)28-32)11-17-5-9-21(10-6-17)34-15-20-13-27-16-29(20)14-18-3-7-19(26)8-4-18/h3-10,13,16,22,32H,2,11-12,14-15H2,1H3,(H,28,30)/t22-,25+/m1/s1. The first kappa shape index (κ1) is 23.8. The van der Waals surface area contributed by atoms with Crippen molar-refractivity contribution in [1.29, 1.82) is 0 Å². The maximum absolute atomic E-state index is 12.5. The van der Waals surface area contributed by atoms with E-state index in [1.54, 1.807) is 24.9 Å². The van der Waals surface area contributed by atoms with Gasteiger partial charge in [0.1, 0.15) is 12.4 Å². The highest BCUT2D eigenvalue weighted by molar-refractivity contribution is 6.30. The van der Waals surface area contributed by atoms with E-state index in [0.717, 1.165) is 16.8 Å². The van der Waals surface area contributed by atoms with Crippen molar-refractivity contribution in [3.63, 3.8) is 0 Å². The van der Waals surface area contributed by atoms with E-state index in [1.165, 1.54) is 0 Å². The Bertz CT molecular complexity index is 1150. The predicted octanol–water partition coefficient (Wildman–Crippen LogP) is 3.78. The fraction of sp³-hybridized carbons (Fsp3) is 0.320. The highest BCUT2D eigenvalue weighted by atomic mass is 35.5. The van der Waals surface area contributed by atoms with Gasteiger partial charge in [0.15, 0.2) is 0 Å². The molecule has 1 fully saturated rings. The Balaban J connectivity index is 1.37. The van der Waals surface area contributed by atoms with E-state index in [4.69, 9.17) is 26.3 Å². The van der Waals surface area contributed by atoms with Crippen LogP contribution in [0.1, 0.15) is 30.2 Å². The third-order valence-electron chi connectivity index (χ3n) is 6.08. The second-order valence-electron chi connectivity index (χ2n) is 8.36. The molecule has 3 aromatic rings. The summed E-state index contributed by atoms with van der Waals surface area (Å²) < 4.78 is 13.1. The number of halogens is 1. The quantitative estimate of drug-likeness (QED) is 0.258. The molecule has 0 saturated heterocycles. The molecule has 1 aliphatic carbocycles. The molecule has 2 N–H and O–H groups in total. The topological polar surface area (TPSA) is 103 Å². The van der Waals surface area contributed by atoms with Crippen molar-refractivity contribution >= 4 is 23.5 Å². The average Bonchev–Trinajstić information content (AvgIpc) is 3.41. The number of aromatic nitrogens is 2. The summed E-state index contributed by atoms with van der Waals surface area (Å²) in [5, 5.41) is 9.66. The molecule has 0 spiro atoms. The summed E-state index contributed by atoms with van der Waals surface area (Å²) in [6.07, 6.45) is 4.22. The van der Waals surface area contributed by atoms with Gasteiger partial charge < -0.3 is 14.0 Å². The summed E-state index contributed by atoms with van der Waals surface area (Å²) in [7, 11) is 0. The zero-order valence-corrected chi connectivity index (χ0v) is 19.5. The van der Waals surface area contributed by atoms with Crippen molar-refractivity contribution in [2.45, 2.75) is 32.9 Å². The molecule has 2 atom stereocenters. The fourth-order valence-electron chi connectivity index (χ4n) is 4.12. The SMILES string of the molecule is CCOC(=O)[C@@]1(Cc2ccc(OCc3cncn3Cc3ccc(Cl)cc3)cc2)C[C@@H]1C(=O)NO. The zero-order valence-electron chi connectivity index (χ0n) is 18.7. The number of esters is 1. The van der Waals surface area contributed by atoms with Gasteiger partial charge in [0.05, 0.1) is 36.2 Å². The van der Waals surface area contributed by atoms with E-state index >= 15 is 0 Å². The minimum absolute atomic E-state index is 0.232.